The summed E-state index contributed by atoms with van der Waals surface area (Å²) in [5.74, 6) is 0.786. The first-order valence-corrected chi connectivity index (χ1v) is 5.99. The Labute approximate surface area is 102 Å². The van der Waals surface area contributed by atoms with Crippen LogP contribution in [0.5, 0.6) is 0 Å². The van der Waals surface area contributed by atoms with Gasteiger partial charge in [-0.3, -0.25) is 0 Å². The maximum absolute atomic E-state index is 5.68. The average molecular weight is 245 g/mol. The molecule has 5 nitrogen and oxygen atoms in total. The van der Waals surface area contributed by atoms with Crippen LogP contribution >= 0.6 is 11.3 Å². The zero-order valence-electron chi connectivity index (χ0n) is 9.51. The van der Waals surface area contributed by atoms with E-state index in [1.54, 1.807) is 34.7 Å². The molecule has 0 atom stereocenters. The molecule has 0 aliphatic rings. The molecule has 0 amide bonds. The number of nitrogens with two attached hydrogens (primary N) is 1. The molecule has 0 bridgehead atoms. The van der Waals surface area contributed by atoms with Gasteiger partial charge in [0.05, 0.1) is 23.5 Å². The third kappa shape index (κ3) is 1.49. The van der Waals surface area contributed by atoms with Crippen molar-refractivity contribution in [1.29, 1.82) is 0 Å². The van der Waals surface area contributed by atoms with E-state index in [1.165, 1.54) is 10.4 Å². The Balaban J connectivity index is 2.36. The zero-order valence-corrected chi connectivity index (χ0v) is 10.3. The lowest BCUT2D eigenvalue weighted by molar-refractivity contribution is 0.851. The number of aromatic nitrogens is 4. The van der Waals surface area contributed by atoms with Crippen molar-refractivity contribution in [3.05, 3.63) is 29.2 Å². The van der Waals surface area contributed by atoms with Crippen molar-refractivity contribution in [3.63, 3.8) is 0 Å². The van der Waals surface area contributed by atoms with Crippen molar-refractivity contribution in [3.8, 4) is 5.82 Å². The lowest BCUT2D eigenvalue weighted by atomic mass is 10.2. The number of nitrogen functional groups attached to an aromatic ring is 1. The van der Waals surface area contributed by atoms with Gasteiger partial charge in [0.1, 0.15) is 11.2 Å². The number of anilines is 1. The maximum Gasteiger partial charge on any atom is 0.165 e. The fraction of sp³-hybridized carbons (Fsp3) is 0.182. The molecule has 0 aromatic carbocycles. The first kappa shape index (κ1) is 10.2. The molecule has 6 heteroatoms. The van der Waals surface area contributed by atoms with E-state index in [4.69, 9.17) is 5.73 Å². The molecular formula is C11H11N5S. The summed E-state index contributed by atoms with van der Waals surface area (Å²) in [6.07, 6.45) is 4.93. The molecule has 3 rings (SSSR count). The lowest BCUT2D eigenvalue weighted by Gasteiger charge is -2.02. The van der Waals surface area contributed by atoms with E-state index in [-0.39, 0.29) is 0 Å². The smallest absolute Gasteiger partial charge is 0.165 e. The van der Waals surface area contributed by atoms with Crippen LogP contribution in [0.1, 0.15) is 10.4 Å². The number of thiophene rings is 1. The van der Waals surface area contributed by atoms with Crippen LogP contribution in [-0.4, -0.2) is 19.7 Å². The molecule has 0 aliphatic heterocycles. The Morgan fingerprint density at radius 2 is 2.12 bits per heavy atom. The van der Waals surface area contributed by atoms with Crippen molar-refractivity contribution in [1.82, 2.24) is 19.7 Å². The Morgan fingerprint density at radius 3 is 2.82 bits per heavy atom. The zero-order chi connectivity index (χ0) is 12.0. The minimum atomic E-state index is 0.626. The molecule has 0 spiro atoms. The van der Waals surface area contributed by atoms with Gasteiger partial charge in [-0.2, -0.15) is 5.10 Å². The second-order valence-corrected chi connectivity index (χ2v) is 5.08. The summed E-state index contributed by atoms with van der Waals surface area (Å²) in [5.41, 5.74) is 7.51. The van der Waals surface area contributed by atoms with E-state index in [9.17, 15) is 0 Å². The quantitative estimate of drug-likeness (QED) is 0.712. The summed E-state index contributed by atoms with van der Waals surface area (Å²) in [5, 5.41) is 5.25. The molecule has 0 saturated carbocycles. The number of hydrogen-bond acceptors (Lipinski definition) is 5. The molecule has 3 heterocycles. The van der Waals surface area contributed by atoms with E-state index < -0.39 is 0 Å². The summed E-state index contributed by atoms with van der Waals surface area (Å²) in [6.45, 7) is 4.16. The summed E-state index contributed by atoms with van der Waals surface area (Å²) in [4.78, 5) is 10.8. The number of fused-ring (bicyclic) bond motifs is 1. The van der Waals surface area contributed by atoms with Gasteiger partial charge in [0.25, 0.3) is 0 Å². The van der Waals surface area contributed by atoms with Crippen LogP contribution < -0.4 is 5.73 Å². The highest BCUT2D eigenvalue weighted by molar-refractivity contribution is 7.18. The molecule has 0 radical (unpaired) electrons. The number of rotatable bonds is 1. The minimum absolute atomic E-state index is 0.626. The SMILES string of the molecule is Cc1sc2ncnc(-n3cc(N)cn3)c2c1C. The van der Waals surface area contributed by atoms with Gasteiger partial charge in [0.2, 0.25) is 0 Å². The molecule has 0 aliphatic carbocycles. The molecule has 0 unspecified atom stereocenters. The van der Waals surface area contributed by atoms with Crippen molar-refractivity contribution in [2.75, 3.05) is 5.73 Å². The van der Waals surface area contributed by atoms with Crippen LogP contribution in [0.2, 0.25) is 0 Å². The first-order chi connectivity index (χ1) is 8.16. The van der Waals surface area contributed by atoms with Gasteiger partial charge >= 0.3 is 0 Å². The van der Waals surface area contributed by atoms with E-state index >= 15 is 0 Å². The monoisotopic (exact) mass is 245 g/mol. The second-order valence-electron chi connectivity index (χ2n) is 3.88. The topological polar surface area (TPSA) is 69.6 Å². The van der Waals surface area contributed by atoms with Crippen molar-refractivity contribution in [2.24, 2.45) is 0 Å². The van der Waals surface area contributed by atoms with Gasteiger partial charge in [0.15, 0.2) is 5.82 Å². The highest BCUT2D eigenvalue weighted by atomic mass is 32.1. The third-order valence-corrected chi connectivity index (χ3v) is 3.88. The van der Waals surface area contributed by atoms with E-state index in [0.29, 0.717) is 5.69 Å². The van der Waals surface area contributed by atoms with Crippen molar-refractivity contribution >= 4 is 27.2 Å². The van der Waals surface area contributed by atoms with Gasteiger partial charge in [-0.25, -0.2) is 14.6 Å². The fourth-order valence-electron chi connectivity index (χ4n) is 1.79. The number of nitrogens with zero attached hydrogens (tertiary/aromatic N) is 4. The largest absolute Gasteiger partial charge is 0.396 e. The molecule has 3 aromatic heterocycles. The first-order valence-electron chi connectivity index (χ1n) is 5.18. The van der Waals surface area contributed by atoms with E-state index in [1.807, 2.05) is 0 Å². The number of hydrogen-bond donors (Lipinski definition) is 1. The Morgan fingerprint density at radius 1 is 1.29 bits per heavy atom. The predicted molar refractivity (Wildman–Crippen MR) is 68.4 cm³/mol. The molecule has 0 fully saturated rings. The summed E-state index contributed by atoms with van der Waals surface area (Å²) >= 11 is 1.67. The van der Waals surface area contributed by atoms with Gasteiger partial charge < -0.3 is 5.73 Å². The predicted octanol–water partition coefficient (Wildman–Crippen LogP) is 2.08. The lowest BCUT2D eigenvalue weighted by Crippen LogP contribution is -1.99. The van der Waals surface area contributed by atoms with Crippen LogP contribution in [-0.2, 0) is 0 Å². The highest BCUT2D eigenvalue weighted by Crippen LogP contribution is 2.31. The van der Waals surface area contributed by atoms with Gasteiger partial charge in [-0.15, -0.1) is 11.3 Å². The molecule has 86 valence electrons. The van der Waals surface area contributed by atoms with Gasteiger partial charge in [0, 0.05) is 4.88 Å². The van der Waals surface area contributed by atoms with Crippen LogP contribution in [0.15, 0.2) is 18.7 Å². The second kappa shape index (κ2) is 3.53. The molecular weight excluding hydrogens is 234 g/mol. The molecule has 17 heavy (non-hydrogen) atoms. The normalized spacial score (nSPS) is 11.2. The fourth-order valence-corrected chi connectivity index (χ4v) is 2.78. The summed E-state index contributed by atoms with van der Waals surface area (Å²) in [6, 6.07) is 0. The van der Waals surface area contributed by atoms with E-state index in [0.717, 1.165) is 16.0 Å². The molecule has 3 aromatic rings. The highest BCUT2D eigenvalue weighted by Gasteiger charge is 2.13. The van der Waals surface area contributed by atoms with Crippen LogP contribution in [0.25, 0.3) is 16.0 Å². The Hall–Kier alpha value is -1.95. The molecule has 0 saturated heterocycles. The van der Waals surface area contributed by atoms with Crippen LogP contribution in [0.4, 0.5) is 5.69 Å². The van der Waals surface area contributed by atoms with Gasteiger partial charge in [-0.05, 0) is 19.4 Å². The molecule has 2 N–H and O–H groups in total. The van der Waals surface area contributed by atoms with Gasteiger partial charge in [-0.1, -0.05) is 0 Å². The number of aryl methyl sites for hydroxylation is 2. The maximum atomic E-state index is 5.68. The summed E-state index contributed by atoms with van der Waals surface area (Å²) in [7, 11) is 0. The Bertz CT molecular complexity index is 697. The Kier molecular flexibility index (Phi) is 2.12. The minimum Gasteiger partial charge on any atom is -0.396 e. The van der Waals surface area contributed by atoms with Crippen molar-refractivity contribution < 1.29 is 0 Å². The summed E-state index contributed by atoms with van der Waals surface area (Å²) < 4.78 is 1.69. The average Bonchev–Trinajstić information content (AvgIpc) is 2.85. The third-order valence-electron chi connectivity index (χ3n) is 2.76. The van der Waals surface area contributed by atoms with Crippen LogP contribution in [0, 0.1) is 13.8 Å². The van der Waals surface area contributed by atoms with Crippen molar-refractivity contribution in [2.45, 2.75) is 13.8 Å². The van der Waals surface area contributed by atoms with E-state index in [2.05, 4.69) is 28.9 Å². The van der Waals surface area contributed by atoms with Crippen LogP contribution in [0.3, 0.4) is 0 Å². The standard InChI is InChI=1S/C11H11N5S/c1-6-7(2)17-11-9(6)10(13-5-14-11)16-4-8(12)3-15-16/h3-5H,12H2,1-2H3.